The lowest BCUT2D eigenvalue weighted by atomic mass is 9.79. The topological polar surface area (TPSA) is 63.8 Å². The molecule has 110 valence electrons. The van der Waals surface area contributed by atoms with Gasteiger partial charge in [0.1, 0.15) is 17.5 Å². The van der Waals surface area contributed by atoms with Crippen molar-refractivity contribution in [1.29, 1.82) is 0 Å². The van der Waals surface area contributed by atoms with Gasteiger partial charge in [0.25, 0.3) is 0 Å². The zero-order valence-corrected chi connectivity index (χ0v) is 12.8. The van der Waals surface area contributed by atoms with E-state index in [1.54, 1.807) is 0 Å². The molecule has 1 aromatic heterocycles. The predicted octanol–water partition coefficient (Wildman–Crippen LogP) is 3.48. The number of hydrogen-bond acceptors (Lipinski definition) is 4. The molecule has 0 radical (unpaired) electrons. The lowest BCUT2D eigenvalue weighted by molar-refractivity contribution is 0.260. The molecule has 2 saturated carbocycles. The van der Waals surface area contributed by atoms with E-state index in [4.69, 9.17) is 10.7 Å². The van der Waals surface area contributed by atoms with Crippen molar-refractivity contribution in [2.45, 2.75) is 64.8 Å². The Morgan fingerprint density at radius 1 is 1.05 bits per heavy atom. The number of anilines is 2. The Morgan fingerprint density at radius 2 is 1.80 bits per heavy atom. The molecule has 0 saturated heterocycles. The Kier molecular flexibility index (Phi) is 3.57. The van der Waals surface area contributed by atoms with Gasteiger partial charge in [0.15, 0.2) is 0 Å². The summed E-state index contributed by atoms with van der Waals surface area (Å²) in [6.07, 6.45) is 6.17. The minimum absolute atomic E-state index is 0.529. The van der Waals surface area contributed by atoms with Crippen molar-refractivity contribution >= 4 is 11.6 Å². The van der Waals surface area contributed by atoms with Crippen molar-refractivity contribution in [2.75, 3.05) is 11.1 Å². The van der Waals surface area contributed by atoms with Gasteiger partial charge < -0.3 is 11.1 Å². The Balaban J connectivity index is 1.76. The number of aromatic nitrogens is 2. The van der Waals surface area contributed by atoms with Crippen LogP contribution in [0.2, 0.25) is 0 Å². The molecular formula is C16H26N4. The fourth-order valence-corrected chi connectivity index (χ4v) is 3.09. The normalized spacial score (nSPS) is 30.2. The van der Waals surface area contributed by atoms with Gasteiger partial charge in [0.05, 0.1) is 0 Å². The van der Waals surface area contributed by atoms with E-state index in [9.17, 15) is 0 Å². The number of nitrogen functional groups attached to an aromatic ring is 1. The van der Waals surface area contributed by atoms with E-state index >= 15 is 0 Å². The van der Waals surface area contributed by atoms with Crippen LogP contribution in [0.4, 0.5) is 11.6 Å². The molecule has 1 heterocycles. The number of nitrogens with two attached hydrogens (primary N) is 1. The Hall–Kier alpha value is -1.32. The first-order valence-corrected chi connectivity index (χ1v) is 7.95. The predicted molar refractivity (Wildman–Crippen MR) is 82.7 cm³/mol. The van der Waals surface area contributed by atoms with Crippen LogP contribution < -0.4 is 11.1 Å². The lowest BCUT2D eigenvalue weighted by Crippen LogP contribution is -2.31. The zero-order valence-electron chi connectivity index (χ0n) is 12.8. The average Bonchev–Trinajstić information content (AvgIpc) is 3.23. The van der Waals surface area contributed by atoms with Crippen LogP contribution in [0.5, 0.6) is 0 Å². The molecule has 3 N–H and O–H groups in total. The van der Waals surface area contributed by atoms with Crippen molar-refractivity contribution in [2.24, 2.45) is 11.8 Å². The molecule has 3 unspecified atom stereocenters. The molecule has 0 aliphatic heterocycles. The van der Waals surface area contributed by atoms with Crippen LogP contribution in [-0.4, -0.2) is 16.0 Å². The second-order valence-corrected chi connectivity index (χ2v) is 6.82. The molecule has 4 nitrogen and oxygen atoms in total. The van der Waals surface area contributed by atoms with Crippen LogP contribution in [0.25, 0.3) is 0 Å². The van der Waals surface area contributed by atoms with Gasteiger partial charge in [-0.3, -0.25) is 0 Å². The summed E-state index contributed by atoms with van der Waals surface area (Å²) < 4.78 is 0. The summed E-state index contributed by atoms with van der Waals surface area (Å²) >= 11 is 0. The third-order valence-corrected chi connectivity index (χ3v) is 5.08. The van der Waals surface area contributed by atoms with E-state index in [2.05, 4.69) is 24.1 Å². The summed E-state index contributed by atoms with van der Waals surface area (Å²) in [5.41, 5.74) is 7.05. The second kappa shape index (κ2) is 5.23. The fourth-order valence-electron chi connectivity index (χ4n) is 3.09. The molecular weight excluding hydrogens is 248 g/mol. The number of hydrogen-bond donors (Lipinski definition) is 2. The van der Waals surface area contributed by atoms with Crippen LogP contribution in [0.3, 0.4) is 0 Å². The minimum atomic E-state index is 0.529. The Labute approximate surface area is 121 Å². The van der Waals surface area contributed by atoms with E-state index in [-0.39, 0.29) is 0 Å². The van der Waals surface area contributed by atoms with Gasteiger partial charge in [-0.1, -0.05) is 13.8 Å². The van der Waals surface area contributed by atoms with Crippen LogP contribution in [0.1, 0.15) is 63.3 Å². The van der Waals surface area contributed by atoms with E-state index in [0.29, 0.717) is 17.8 Å². The van der Waals surface area contributed by atoms with E-state index < -0.39 is 0 Å². The first-order chi connectivity index (χ1) is 9.54. The first-order valence-electron chi connectivity index (χ1n) is 7.95. The highest BCUT2D eigenvalue weighted by Gasteiger charge is 2.29. The Bertz CT molecular complexity index is 495. The SMILES string of the molecule is Cc1c(N)nc(C2CC2)nc1NC1CCC(C)C(C)C1. The second-order valence-electron chi connectivity index (χ2n) is 6.82. The van der Waals surface area contributed by atoms with Gasteiger partial charge in [-0.25, -0.2) is 9.97 Å². The maximum atomic E-state index is 6.05. The summed E-state index contributed by atoms with van der Waals surface area (Å²) in [5, 5.41) is 3.63. The number of nitrogens with zero attached hydrogens (tertiary/aromatic N) is 2. The molecule has 0 spiro atoms. The van der Waals surface area contributed by atoms with Gasteiger partial charge in [-0.05, 0) is 50.9 Å². The van der Waals surface area contributed by atoms with Crippen molar-refractivity contribution in [1.82, 2.24) is 9.97 Å². The largest absolute Gasteiger partial charge is 0.383 e. The van der Waals surface area contributed by atoms with Crippen molar-refractivity contribution in [3.8, 4) is 0 Å². The average molecular weight is 274 g/mol. The molecule has 2 fully saturated rings. The van der Waals surface area contributed by atoms with E-state index in [0.717, 1.165) is 29.0 Å². The van der Waals surface area contributed by atoms with Gasteiger partial charge >= 0.3 is 0 Å². The molecule has 2 aliphatic rings. The first kappa shape index (κ1) is 13.7. The van der Waals surface area contributed by atoms with Gasteiger partial charge in [-0.2, -0.15) is 0 Å². The van der Waals surface area contributed by atoms with E-state index in [1.165, 1.54) is 32.1 Å². The highest BCUT2D eigenvalue weighted by molar-refractivity contribution is 5.55. The molecule has 0 aromatic carbocycles. The van der Waals surface area contributed by atoms with Gasteiger partial charge in [-0.15, -0.1) is 0 Å². The highest BCUT2D eigenvalue weighted by Crippen LogP contribution is 2.39. The van der Waals surface area contributed by atoms with Crippen LogP contribution in [-0.2, 0) is 0 Å². The van der Waals surface area contributed by atoms with Crippen molar-refractivity contribution < 1.29 is 0 Å². The molecule has 0 amide bonds. The number of rotatable bonds is 3. The molecule has 3 rings (SSSR count). The molecule has 4 heteroatoms. The maximum Gasteiger partial charge on any atom is 0.136 e. The van der Waals surface area contributed by atoms with Crippen LogP contribution in [0.15, 0.2) is 0 Å². The maximum absolute atomic E-state index is 6.05. The zero-order chi connectivity index (χ0) is 14.3. The molecule has 2 aliphatic carbocycles. The summed E-state index contributed by atoms with van der Waals surface area (Å²) in [6.45, 7) is 6.73. The van der Waals surface area contributed by atoms with Crippen LogP contribution in [0, 0.1) is 18.8 Å². The van der Waals surface area contributed by atoms with E-state index in [1.807, 2.05) is 6.92 Å². The van der Waals surface area contributed by atoms with Gasteiger partial charge in [0.2, 0.25) is 0 Å². The smallest absolute Gasteiger partial charge is 0.136 e. The van der Waals surface area contributed by atoms with Crippen LogP contribution >= 0.6 is 0 Å². The number of nitrogens with one attached hydrogen (secondary N) is 1. The third kappa shape index (κ3) is 2.74. The van der Waals surface area contributed by atoms with Gasteiger partial charge in [0, 0.05) is 17.5 Å². The highest BCUT2D eigenvalue weighted by atomic mass is 15.1. The standard InChI is InChI=1S/C16H26N4/c1-9-4-7-13(8-10(9)2)18-15-11(3)14(17)19-16(20-15)12-5-6-12/h9-10,12-13H,4-8H2,1-3H3,(H3,17,18,19,20). The van der Waals surface area contributed by atoms with Crippen molar-refractivity contribution in [3.63, 3.8) is 0 Å². The van der Waals surface area contributed by atoms with Crippen molar-refractivity contribution in [3.05, 3.63) is 11.4 Å². The summed E-state index contributed by atoms with van der Waals surface area (Å²) in [5.74, 6) is 4.71. The lowest BCUT2D eigenvalue weighted by Gasteiger charge is -2.33. The monoisotopic (exact) mass is 274 g/mol. The molecule has 3 atom stereocenters. The molecule has 1 aromatic rings. The molecule has 20 heavy (non-hydrogen) atoms. The molecule has 0 bridgehead atoms. The summed E-state index contributed by atoms with van der Waals surface area (Å²) in [7, 11) is 0. The third-order valence-electron chi connectivity index (χ3n) is 5.08. The quantitative estimate of drug-likeness (QED) is 0.885. The summed E-state index contributed by atoms with van der Waals surface area (Å²) in [4.78, 5) is 9.17. The fraction of sp³-hybridized carbons (Fsp3) is 0.750. The Morgan fingerprint density at radius 3 is 2.45 bits per heavy atom. The summed E-state index contributed by atoms with van der Waals surface area (Å²) in [6, 6.07) is 0.529. The minimum Gasteiger partial charge on any atom is -0.383 e.